The minimum Gasteiger partial charge on any atom is -0.492 e. The van der Waals surface area contributed by atoms with Crippen LogP contribution >= 0.6 is 11.8 Å². The van der Waals surface area contributed by atoms with Crippen molar-refractivity contribution >= 4 is 17.7 Å². The van der Waals surface area contributed by atoms with Gasteiger partial charge in [0.05, 0.1) is 11.9 Å². The summed E-state index contributed by atoms with van der Waals surface area (Å²) < 4.78 is 5.88. The quantitative estimate of drug-likeness (QED) is 0.685. The number of rotatable bonds is 9. The number of amides is 1. The average Bonchev–Trinajstić information content (AvgIpc) is 2.61. The number of thioether (sulfide) groups is 1. The van der Waals surface area contributed by atoms with Crippen LogP contribution in [0.2, 0.25) is 0 Å². The van der Waals surface area contributed by atoms with Crippen LogP contribution in [0.1, 0.15) is 23.6 Å². The van der Waals surface area contributed by atoms with Gasteiger partial charge in [-0.25, -0.2) is 0 Å². The van der Waals surface area contributed by atoms with Gasteiger partial charge in [0.15, 0.2) is 0 Å². The second-order valence-electron chi connectivity index (χ2n) is 6.11. The summed E-state index contributed by atoms with van der Waals surface area (Å²) in [5.74, 6) is 1.84. The van der Waals surface area contributed by atoms with E-state index >= 15 is 0 Å². The van der Waals surface area contributed by atoms with Gasteiger partial charge >= 0.3 is 0 Å². The van der Waals surface area contributed by atoms with Crippen molar-refractivity contribution < 1.29 is 9.53 Å². The number of nitrogens with one attached hydrogen (secondary N) is 1. The standard InChI is InChI=1S/C21H27NO2S/c1-16-8-7-9-17(2)20(16)24-14-15-25-18(3)21(23)22-13-12-19-10-5-4-6-11-19/h4-11,18H,12-15H2,1-3H3,(H,22,23). The van der Waals surface area contributed by atoms with Gasteiger partial charge in [-0.1, -0.05) is 48.5 Å². The number of carbonyl (C=O) groups is 1. The number of hydrogen-bond donors (Lipinski definition) is 1. The first kappa shape index (κ1) is 19.4. The van der Waals surface area contributed by atoms with Crippen LogP contribution in [-0.4, -0.2) is 30.1 Å². The summed E-state index contributed by atoms with van der Waals surface area (Å²) in [4.78, 5) is 12.1. The number of ether oxygens (including phenoxy) is 1. The molecular weight excluding hydrogens is 330 g/mol. The SMILES string of the molecule is Cc1cccc(C)c1OCCSC(C)C(=O)NCCc1ccccc1. The molecule has 0 aliphatic heterocycles. The molecular formula is C21H27NO2S. The summed E-state index contributed by atoms with van der Waals surface area (Å²) in [6.07, 6.45) is 0.861. The van der Waals surface area contributed by atoms with Crippen molar-refractivity contribution in [1.82, 2.24) is 5.32 Å². The largest absolute Gasteiger partial charge is 0.492 e. The first-order valence-electron chi connectivity index (χ1n) is 8.70. The number of carbonyl (C=O) groups excluding carboxylic acids is 1. The molecule has 2 aromatic rings. The fourth-order valence-corrected chi connectivity index (χ4v) is 3.36. The number of para-hydroxylation sites is 1. The van der Waals surface area contributed by atoms with Crippen molar-refractivity contribution in [3.63, 3.8) is 0 Å². The van der Waals surface area contributed by atoms with E-state index in [9.17, 15) is 4.79 Å². The molecule has 0 aliphatic carbocycles. The Morgan fingerprint density at radius 1 is 1.08 bits per heavy atom. The van der Waals surface area contributed by atoms with Gasteiger partial charge in [-0.3, -0.25) is 4.79 Å². The maximum Gasteiger partial charge on any atom is 0.232 e. The first-order valence-corrected chi connectivity index (χ1v) is 9.75. The Labute approximate surface area is 155 Å². The molecule has 2 rings (SSSR count). The second-order valence-corrected chi connectivity index (χ2v) is 7.56. The third-order valence-electron chi connectivity index (χ3n) is 4.03. The third-order valence-corrected chi connectivity index (χ3v) is 5.15. The van der Waals surface area contributed by atoms with E-state index in [1.807, 2.05) is 31.2 Å². The van der Waals surface area contributed by atoms with Crippen LogP contribution in [0.25, 0.3) is 0 Å². The molecule has 1 unspecified atom stereocenters. The lowest BCUT2D eigenvalue weighted by atomic mass is 10.1. The van der Waals surface area contributed by atoms with Crippen LogP contribution in [0, 0.1) is 13.8 Å². The Morgan fingerprint density at radius 2 is 1.76 bits per heavy atom. The molecule has 1 atom stereocenters. The van der Waals surface area contributed by atoms with Gasteiger partial charge in [0.2, 0.25) is 5.91 Å². The molecule has 25 heavy (non-hydrogen) atoms. The summed E-state index contributed by atoms with van der Waals surface area (Å²) in [5.41, 5.74) is 3.54. The van der Waals surface area contributed by atoms with Gasteiger partial charge in [0.1, 0.15) is 5.75 Å². The van der Waals surface area contributed by atoms with Crippen LogP contribution < -0.4 is 10.1 Å². The molecule has 2 aromatic carbocycles. The molecule has 0 aliphatic rings. The predicted molar refractivity (Wildman–Crippen MR) is 106 cm³/mol. The molecule has 0 aromatic heterocycles. The molecule has 1 amide bonds. The van der Waals surface area contributed by atoms with Crippen molar-refractivity contribution in [2.45, 2.75) is 32.4 Å². The number of benzene rings is 2. The first-order chi connectivity index (χ1) is 12.1. The fraction of sp³-hybridized carbons (Fsp3) is 0.381. The van der Waals surface area contributed by atoms with Crippen molar-refractivity contribution in [2.24, 2.45) is 0 Å². The van der Waals surface area contributed by atoms with Crippen LogP contribution in [-0.2, 0) is 11.2 Å². The molecule has 1 N–H and O–H groups in total. The zero-order valence-electron chi connectivity index (χ0n) is 15.2. The molecule has 0 radical (unpaired) electrons. The highest BCUT2D eigenvalue weighted by molar-refractivity contribution is 8.00. The van der Waals surface area contributed by atoms with Crippen molar-refractivity contribution in [3.05, 3.63) is 65.2 Å². The third kappa shape index (κ3) is 6.46. The normalized spacial score (nSPS) is 11.8. The molecule has 0 saturated heterocycles. The number of hydrogen-bond acceptors (Lipinski definition) is 3. The van der Waals surface area contributed by atoms with Gasteiger partial charge in [0.25, 0.3) is 0 Å². The van der Waals surface area contributed by atoms with E-state index in [-0.39, 0.29) is 11.2 Å². The van der Waals surface area contributed by atoms with E-state index in [1.165, 1.54) is 5.56 Å². The van der Waals surface area contributed by atoms with E-state index in [0.717, 1.165) is 29.1 Å². The van der Waals surface area contributed by atoms with Crippen LogP contribution in [0.5, 0.6) is 5.75 Å². The van der Waals surface area contributed by atoms with Crippen molar-refractivity contribution in [1.29, 1.82) is 0 Å². The number of aryl methyl sites for hydroxylation is 2. The van der Waals surface area contributed by atoms with E-state index in [1.54, 1.807) is 11.8 Å². The summed E-state index contributed by atoms with van der Waals surface area (Å²) in [6, 6.07) is 16.3. The van der Waals surface area contributed by atoms with Crippen molar-refractivity contribution in [2.75, 3.05) is 18.9 Å². The molecule has 134 valence electrons. The Kier molecular flexibility index (Phi) is 7.86. The Bertz CT molecular complexity index is 653. The summed E-state index contributed by atoms with van der Waals surface area (Å²) in [5, 5.41) is 2.94. The average molecular weight is 358 g/mol. The highest BCUT2D eigenvalue weighted by atomic mass is 32.2. The van der Waals surface area contributed by atoms with E-state index < -0.39 is 0 Å². The second kappa shape index (κ2) is 10.1. The molecule has 4 heteroatoms. The summed E-state index contributed by atoms with van der Waals surface area (Å²) in [7, 11) is 0. The molecule has 0 bridgehead atoms. The van der Waals surface area contributed by atoms with Crippen molar-refractivity contribution in [3.8, 4) is 5.75 Å². The van der Waals surface area contributed by atoms with E-state index in [0.29, 0.717) is 13.2 Å². The van der Waals surface area contributed by atoms with Crippen LogP contribution in [0.3, 0.4) is 0 Å². The topological polar surface area (TPSA) is 38.3 Å². The molecule has 0 spiro atoms. The molecule has 0 saturated carbocycles. The van der Waals surface area contributed by atoms with Gasteiger partial charge < -0.3 is 10.1 Å². The lowest BCUT2D eigenvalue weighted by molar-refractivity contribution is -0.120. The maximum absolute atomic E-state index is 12.1. The Hall–Kier alpha value is -1.94. The monoisotopic (exact) mass is 357 g/mol. The van der Waals surface area contributed by atoms with Crippen LogP contribution in [0.15, 0.2) is 48.5 Å². The van der Waals surface area contributed by atoms with Gasteiger partial charge in [-0.05, 0) is 43.9 Å². The van der Waals surface area contributed by atoms with E-state index in [2.05, 4.69) is 43.4 Å². The van der Waals surface area contributed by atoms with Crippen LogP contribution in [0.4, 0.5) is 0 Å². The maximum atomic E-state index is 12.1. The minimum absolute atomic E-state index is 0.0719. The highest BCUT2D eigenvalue weighted by Crippen LogP contribution is 2.22. The summed E-state index contributed by atoms with van der Waals surface area (Å²) >= 11 is 1.62. The van der Waals surface area contributed by atoms with Gasteiger partial charge in [-0.2, -0.15) is 0 Å². The zero-order chi connectivity index (χ0) is 18.1. The van der Waals surface area contributed by atoms with Gasteiger partial charge in [0, 0.05) is 12.3 Å². The molecule has 0 heterocycles. The lowest BCUT2D eigenvalue weighted by Crippen LogP contribution is -2.32. The fourth-order valence-electron chi connectivity index (χ4n) is 2.59. The smallest absolute Gasteiger partial charge is 0.232 e. The predicted octanol–water partition coefficient (Wildman–Crippen LogP) is 4.16. The minimum atomic E-state index is -0.0719. The summed E-state index contributed by atoms with van der Waals surface area (Å²) in [6.45, 7) is 7.34. The zero-order valence-corrected chi connectivity index (χ0v) is 16.1. The Morgan fingerprint density at radius 3 is 2.44 bits per heavy atom. The molecule has 0 fully saturated rings. The van der Waals surface area contributed by atoms with Gasteiger partial charge in [-0.15, -0.1) is 11.8 Å². The molecule has 3 nitrogen and oxygen atoms in total. The highest BCUT2D eigenvalue weighted by Gasteiger charge is 2.12. The van der Waals surface area contributed by atoms with E-state index in [4.69, 9.17) is 4.74 Å². The Balaban J connectivity index is 1.64. The lowest BCUT2D eigenvalue weighted by Gasteiger charge is -2.14.